The van der Waals surface area contributed by atoms with E-state index in [1.807, 2.05) is 40.7 Å². The van der Waals surface area contributed by atoms with E-state index in [1.165, 1.54) is 23.8 Å². The standard InChI is InChI=1S/C39H55N6O10P/c1-11-26(12-2)19-50-37(48)25(7)44-56(49,55-28-15-13-14-27(18-28)38(8,9)10)51-20-30-32(52-35(46)23(3)4)33(53-36(47)24(5)6)39(21-40,54-30)31-17-16-29-34(41)42-22-43-45(29)31/h13-18,22-26,30,32-33H,11-12,19-20H2,1-10H3,(H,44,49)(H2,41,42,43)/t25-,30+,32+,33+,39-,56?/m0/s1. The maximum Gasteiger partial charge on any atom is 0.459 e. The minimum atomic E-state index is -4.54. The fourth-order valence-electron chi connectivity index (χ4n) is 5.89. The van der Waals surface area contributed by atoms with Gasteiger partial charge in [0.05, 0.1) is 30.7 Å². The second-order valence-electron chi connectivity index (χ2n) is 15.6. The molecule has 56 heavy (non-hydrogen) atoms. The third-order valence-electron chi connectivity index (χ3n) is 9.53. The summed E-state index contributed by atoms with van der Waals surface area (Å²) in [5, 5.41) is 17.9. The van der Waals surface area contributed by atoms with Crippen molar-refractivity contribution < 1.29 is 46.9 Å². The zero-order valence-electron chi connectivity index (χ0n) is 33.8. The molecular weight excluding hydrogens is 743 g/mol. The van der Waals surface area contributed by atoms with E-state index in [0.717, 1.165) is 18.4 Å². The van der Waals surface area contributed by atoms with E-state index in [1.54, 1.807) is 52.0 Å². The normalized spacial score (nSPS) is 21.5. The Labute approximate surface area is 328 Å². The third-order valence-corrected chi connectivity index (χ3v) is 11.2. The Kier molecular flexibility index (Phi) is 14.3. The van der Waals surface area contributed by atoms with Crippen molar-refractivity contribution in [3.05, 3.63) is 54.0 Å². The van der Waals surface area contributed by atoms with E-state index in [4.69, 9.17) is 33.7 Å². The summed E-state index contributed by atoms with van der Waals surface area (Å²) in [5.74, 6) is -2.97. The number of fused-ring (bicyclic) bond motifs is 1. The maximum atomic E-state index is 14.8. The molecule has 4 rings (SSSR count). The molecule has 1 fully saturated rings. The van der Waals surface area contributed by atoms with E-state index in [-0.39, 0.29) is 35.2 Å². The number of nitriles is 1. The molecule has 17 heteroatoms. The summed E-state index contributed by atoms with van der Waals surface area (Å²) in [6.07, 6.45) is -1.66. The van der Waals surface area contributed by atoms with Crippen LogP contribution in [0.1, 0.15) is 93.3 Å². The Balaban J connectivity index is 1.79. The molecule has 3 aromatic rings. The smallest absolute Gasteiger partial charge is 0.459 e. The molecule has 0 radical (unpaired) electrons. The number of carbonyl (C=O) groups excluding carboxylic acids is 3. The van der Waals surface area contributed by atoms with Crippen LogP contribution in [0.3, 0.4) is 0 Å². The van der Waals surface area contributed by atoms with Crippen molar-refractivity contribution >= 4 is 37.0 Å². The van der Waals surface area contributed by atoms with Gasteiger partial charge in [-0.15, -0.1) is 0 Å². The van der Waals surface area contributed by atoms with Crippen LogP contribution in [-0.4, -0.2) is 70.1 Å². The number of carbonyl (C=O) groups is 3. The molecule has 0 spiro atoms. The molecule has 1 saturated heterocycles. The largest absolute Gasteiger partial charge is 0.464 e. The molecule has 2 aromatic heterocycles. The van der Waals surface area contributed by atoms with Crippen molar-refractivity contribution in [2.45, 2.75) is 117 Å². The quantitative estimate of drug-likeness (QED) is 0.0907. The van der Waals surface area contributed by atoms with Crippen LogP contribution in [-0.2, 0) is 53.4 Å². The fraction of sp³-hybridized carbons (Fsp3) is 0.590. The first-order valence-electron chi connectivity index (χ1n) is 18.9. The van der Waals surface area contributed by atoms with Crippen LogP contribution in [0.15, 0.2) is 42.7 Å². The van der Waals surface area contributed by atoms with Gasteiger partial charge in [0.2, 0.25) is 5.60 Å². The molecule has 0 bridgehead atoms. The van der Waals surface area contributed by atoms with E-state index >= 15 is 0 Å². The lowest BCUT2D eigenvalue weighted by molar-refractivity contribution is -0.173. The Morgan fingerprint density at radius 2 is 1.70 bits per heavy atom. The summed E-state index contributed by atoms with van der Waals surface area (Å²) in [7, 11) is -4.54. The summed E-state index contributed by atoms with van der Waals surface area (Å²) in [4.78, 5) is 43.7. The number of nitrogens with two attached hydrogens (primary N) is 1. The summed E-state index contributed by atoms with van der Waals surface area (Å²) in [5.41, 5.74) is 4.93. The maximum absolute atomic E-state index is 14.8. The van der Waals surface area contributed by atoms with Gasteiger partial charge in [0.25, 0.3) is 0 Å². The highest BCUT2D eigenvalue weighted by Gasteiger charge is 2.63. The van der Waals surface area contributed by atoms with Crippen molar-refractivity contribution in [3.8, 4) is 11.8 Å². The number of rotatable bonds is 17. The number of aromatic nitrogens is 3. The number of hydrogen-bond donors (Lipinski definition) is 2. The number of nitrogens with zero attached hydrogens (tertiary/aromatic N) is 4. The molecule has 1 unspecified atom stereocenters. The highest BCUT2D eigenvalue weighted by molar-refractivity contribution is 7.52. The van der Waals surface area contributed by atoms with Crippen molar-refractivity contribution in [2.75, 3.05) is 18.9 Å². The summed E-state index contributed by atoms with van der Waals surface area (Å²) in [6.45, 7) is 17.4. The van der Waals surface area contributed by atoms with Gasteiger partial charge in [0, 0.05) is 0 Å². The molecule has 0 aliphatic carbocycles. The van der Waals surface area contributed by atoms with E-state index in [9.17, 15) is 24.2 Å². The lowest BCUT2D eigenvalue weighted by atomic mass is 9.87. The van der Waals surface area contributed by atoms with Crippen molar-refractivity contribution in [2.24, 2.45) is 17.8 Å². The number of anilines is 1. The number of ether oxygens (including phenoxy) is 4. The number of benzene rings is 1. The Bertz CT molecular complexity index is 1950. The SMILES string of the molecule is CCC(CC)COC(=O)[C@H](C)NP(=O)(OC[C@H]1O[C@@](C#N)(c2ccc3c(N)ncnn23)[C@H](OC(=O)C(C)C)[C@@H]1OC(=O)C(C)C)Oc1cccc(C(C)(C)C)c1. The first-order chi connectivity index (χ1) is 26.3. The number of hydrogen-bond acceptors (Lipinski definition) is 14. The number of nitrogen functional groups attached to an aromatic ring is 1. The molecule has 3 N–H and O–H groups in total. The van der Waals surface area contributed by atoms with Gasteiger partial charge >= 0.3 is 25.7 Å². The lowest BCUT2D eigenvalue weighted by Crippen LogP contribution is -2.47. The first-order valence-corrected chi connectivity index (χ1v) is 20.4. The lowest BCUT2D eigenvalue weighted by Gasteiger charge is -2.29. The Morgan fingerprint density at radius 1 is 1.04 bits per heavy atom. The van der Waals surface area contributed by atoms with E-state index < -0.39 is 74.1 Å². The zero-order chi connectivity index (χ0) is 41.6. The first kappa shape index (κ1) is 44.2. The van der Waals surface area contributed by atoms with Crippen LogP contribution in [0.2, 0.25) is 0 Å². The predicted molar refractivity (Wildman–Crippen MR) is 206 cm³/mol. The minimum Gasteiger partial charge on any atom is -0.464 e. The van der Waals surface area contributed by atoms with Gasteiger partial charge in [-0.2, -0.15) is 15.4 Å². The molecule has 3 heterocycles. The highest BCUT2D eigenvalue weighted by atomic mass is 31.2. The van der Waals surface area contributed by atoms with Crippen LogP contribution in [0.4, 0.5) is 5.82 Å². The van der Waals surface area contributed by atoms with Gasteiger partial charge in [-0.25, -0.2) is 14.1 Å². The molecule has 0 amide bonds. The number of nitrogens with one attached hydrogen (secondary N) is 1. The van der Waals surface area contributed by atoms with Crippen LogP contribution in [0, 0.1) is 29.1 Å². The minimum absolute atomic E-state index is 0.0872. The summed E-state index contributed by atoms with van der Waals surface area (Å²) < 4.78 is 52.1. The number of esters is 3. The Morgan fingerprint density at radius 3 is 2.30 bits per heavy atom. The van der Waals surface area contributed by atoms with Gasteiger partial charge < -0.3 is 29.2 Å². The predicted octanol–water partition coefficient (Wildman–Crippen LogP) is 6.02. The molecule has 16 nitrogen and oxygen atoms in total. The molecular formula is C39H55N6O10P. The average molecular weight is 799 g/mol. The molecule has 1 aliphatic heterocycles. The van der Waals surface area contributed by atoms with E-state index in [2.05, 4.69) is 21.2 Å². The van der Waals surface area contributed by atoms with Crippen molar-refractivity contribution in [1.29, 1.82) is 5.26 Å². The second kappa shape index (κ2) is 18.1. The van der Waals surface area contributed by atoms with E-state index in [0.29, 0.717) is 5.52 Å². The molecule has 1 aliphatic rings. The monoisotopic (exact) mass is 798 g/mol. The topological polar surface area (TPSA) is 216 Å². The van der Waals surface area contributed by atoms with Crippen LogP contribution in [0.25, 0.3) is 5.52 Å². The van der Waals surface area contributed by atoms with Crippen LogP contribution < -0.4 is 15.3 Å². The summed E-state index contributed by atoms with van der Waals surface area (Å²) in [6, 6.07) is 11.0. The van der Waals surface area contributed by atoms with Gasteiger partial charge in [-0.3, -0.25) is 18.9 Å². The molecule has 6 atom stereocenters. The van der Waals surface area contributed by atoms with Gasteiger partial charge in [-0.05, 0) is 48.1 Å². The van der Waals surface area contributed by atoms with Crippen molar-refractivity contribution in [1.82, 2.24) is 19.7 Å². The van der Waals surface area contributed by atoms with Crippen LogP contribution in [0.5, 0.6) is 5.75 Å². The van der Waals surface area contributed by atoms with Gasteiger partial charge in [0.15, 0.2) is 18.0 Å². The van der Waals surface area contributed by atoms with Gasteiger partial charge in [0.1, 0.15) is 35.8 Å². The molecule has 1 aromatic carbocycles. The highest BCUT2D eigenvalue weighted by Crippen LogP contribution is 2.49. The van der Waals surface area contributed by atoms with Crippen molar-refractivity contribution in [3.63, 3.8) is 0 Å². The molecule has 0 saturated carbocycles. The van der Waals surface area contributed by atoms with Gasteiger partial charge in [-0.1, -0.05) is 87.3 Å². The molecule has 306 valence electrons. The average Bonchev–Trinajstić information content (AvgIpc) is 3.71. The second-order valence-corrected chi connectivity index (χ2v) is 17.3. The third kappa shape index (κ3) is 10.1. The summed E-state index contributed by atoms with van der Waals surface area (Å²) >= 11 is 0. The van der Waals surface area contributed by atoms with Crippen LogP contribution >= 0.6 is 7.75 Å². The Hall–Kier alpha value is -4.55. The zero-order valence-corrected chi connectivity index (χ0v) is 34.7. The fourth-order valence-corrected chi connectivity index (χ4v) is 7.39.